The van der Waals surface area contributed by atoms with E-state index in [0.717, 1.165) is 19.1 Å². The first-order valence-electron chi connectivity index (χ1n) is 8.50. The molecule has 6 unspecified atom stereocenters. The smallest absolute Gasteiger partial charge is 0.312 e. The maximum absolute atomic E-state index is 12.7. The van der Waals surface area contributed by atoms with Crippen LogP contribution in [-0.4, -0.2) is 28.6 Å². The molecule has 124 valence electrons. The molecule has 3 fully saturated rings. The summed E-state index contributed by atoms with van der Waals surface area (Å²) >= 11 is 0. The zero-order chi connectivity index (χ0) is 16.3. The molecular weight excluding hydrogens is 280 g/mol. The van der Waals surface area contributed by atoms with Crippen LogP contribution >= 0.6 is 0 Å². The molecule has 0 bridgehead atoms. The number of carbonyl (C=O) groups is 2. The predicted molar refractivity (Wildman–Crippen MR) is 82.0 cm³/mol. The monoisotopic (exact) mass is 308 g/mol. The second-order valence-corrected chi connectivity index (χ2v) is 9.02. The van der Waals surface area contributed by atoms with Crippen LogP contribution in [0, 0.1) is 29.1 Å². The highest BCUT2D eigenvalue weighted by atomic mass is 16.6. The molecule has 0 heterocycles. The van der Waals surface area contributed by atoms with Crippen molar-refractivity contribution in [3.63, 3.8) is 0 Å². The lowest BCUT2D eigenvalue weighted by Crippen LogP contribution is -2.71. The second kappa shape index (κ2) is 4.80. The fourth-order valence-electron chi connectivity index (χ4n) is 5.45. The molecular formula is C18H28O4. The SMILES string of the molecule is CC(C=O)CC(C)(C)C(=O)OC12CC3CC(CC(C)(O)C1)C32. The molecule has 3 rings (SSSR count). The Balaban J connectivity index is 1.72. The Labute approximate surface area is 132 Å². The molecule has 3 saturated carbocycles. The number of aliphatic hydroxyl groups is 1. The minimum Gasteiger partial charge on any atom is -0.458 e. The molecule has 0 amide bonds. The quantitative estimate of drug-likeness (QED) is 0.626. The molecule has 6 atom stereocenters. The normalized spacial score (nSPS) is 44.1. The van der Waals surface area contributed by atoms with E-state index in [4.69, 9.17) is 4.74 Å². The lowest BCUT2D eigenvalue weighted by molar-refractivity contribution is -0.291. The van der Waals surface area contributed by atoms with Crippen LogP contribution < -0.4 is 0 Å². The first-order valence-corrected chi connectivity index (χ1v) is 8.50. The molecule has 0 aromatic heterocycles. The molecule has 3 aliphatic carbocycles. The summed E-state index contributed by atoms with van der Waals surface area (Å²) in [5.74, 6) is 1.28. The summed E-state index contributed by atoms with van der Waals surface area (Å²) in [7, 11) is 0. The van der Waals surface area contributed by atoms with Crippen molar-refractivity contribution in [1.29, 1.82) is 0 Å². The number of aldehydes is 1. The van der Waals surface area contributed by atoms with Crippen LogP contribution in [0.3, 0.4) is 0 Å². The van der Waals surface area contributed by atoms with Gasteiger partial charge >= 0.3 is 5.97 Å². The van der Waals surface area contributed by atoms with Gasteiger partial charge in [-0.3, -0.25) is 4.79 Å². The van der Waals surface area contributed by atoms with Gasteiger partial charge in [0.2, 0.25) is 0 Å². The van der Waals surface area contributed by atoms with Gasteiger partial charge in [0.05, 0.1) is 11.0 Å². The molecule has 0 saturated heterocycles. The highest BCUT2D eigenvalue weighted by Crippen LogP contribution is 2.68. The second-order valence-electron chi connectivity index (χ2n) is 9.02. The number of hydrogen-bond acceptors (Lipinski definition) is 4. The van der Waals surface area contributed by atoms with E-state index in [9.17, 15) is 14.7 Å². The summed E-state index contributed by atoms with van der Waals surface area (Å²) in [4.78, 5) is 23.6. The van der Waals surface area contributed by atoms with E-state index in [1.807, 2.05) is 27.7 Å². The molecule has 3 aliphatic rings. The van der Waals surface area contributed by atoms with Crippen molar-refractivity contribution in [3.05, 3.63) is 0 Å². The predicted octanol–water partition coefficient (Wildman–Crippen LogP) is 2.72. The van der Waals surface area contributed by atoms with Gasteiger partial charge in [0.25, 0.3) is 0 Å². The van der Waals surface area contributed by atoms with Crippen LogP contribution in [0.5, 0.6) is 0 Å². The number of esters is 1. The highest BCUT2D eigenvalue weighted by Gasteiger charge is 2.70. The van der Waals surface area contributed by atoms with Crippen molar-refractivity contribution in [2.75, 3.05) is 0 Å². The Kier molecular flexibility index (Phi) is 3.48. The zero-order valence-electron chi connectivity index (χ0n) is 14.1. The standard InChI is InChI=1S/C18H28O4/c1-11(9-19)6-16(2,3)15(20)22-18-8-13-5-12(14(13)18)7-17(4,21)10-18/h9,11-14,21H,5-8,10H2,1-4H3. The summed E-state index contributed by atoms with van der Waals surface area (Å²) in [5.41, 5.74) is -1.84. The average Bonchev–Trinajstić information content (AvgIpc) is 2.32. The van der Waals surface area contributed by atoms with Gasteiger partial charge in [-0.15, -0.1) is 0 Å². The molecule has 0 aromatic rings. The summed E-state index contributed by atoms with van der Waals surface area (Å²) in [6.45, 7) is 7.39. The third-order valence-electron chi connectivity index (χ3n) is 6.13. The Morgan fingerprint density at radius 3 is 2.64 bits per heavy atom. The molecule has 22 heavy (non-hydrogen) atoms. The largest absolute Gasteiger partial charge is 0.458 e. The Morgan fingerprint density at radius 2 is 2.05 bits per heavy atom. The van der Waals surface area contributed by atoms with E-state index in [1.165, 1.54) is 6.42 Å². The number of carbonyl (C=O) groups excluding carboxylic acids is 2. The molecule has 0 aliphatic heterocycles. The summed E-state index contributed by atoms with van der Waals surface area (Å²) in [6.07, 6.45) is 4.85. The first-order chi connectivity index (χ1) is 10.1. The van der Waals surface area contributed by atoms with Gasteiger partial charge < -0.3 is 14.6 Å². The van der Waals surface area contributed by atoms with Crippen molar-refractivity contribution in [1.82, 2.24) is 0 Å². The zero-order valence-corrected chi connectivity index (χ0v) is 14.1. The van der Waals surface area contributed by atoms with Crippen LogP contribution in [0.25, 0.3) is 0 Å². The number of ether oxygens (including phenoxy) is 1. The lowest BCUT2D eigenvalue weighted by atomic mass is 9.39. The topological polar surface area (TPSA) is 63.6 Å². The Hall–Kier alpha value is -0.900. The number of hydrogen-bond donors (Lipinski definition) is 1. The maximum Gasteiger partial charge on any atom is 0.312 e. The molecule has 0 aromatic carbocycles. The van der Waals surface area contributed by atoms with E-state index in [-0.39, 0.29) is 11.9 Å². The van der Waals surface area contributed by atoms with Crippen LogP contribution in [0.2, 0.25) is 0 Å². The summed E-state index contributed by atoms with van der Waals surface area (Å²) < 4.78 is 6.01. The molecule has 0 spiro atoms. The van der Waals surface area contributed by atoms with Gasteiger partial charge in [0.15, 0.2) is 0 Å². The van der Waals surface area contributed by atoms with Crippen LogP contribution in [0.15, 0.2) is 0 Å². The maximum atomic E-state index is 12.7. The lowest BCUT2D eigenvalue weighted by Gasteiger charge is -2.69. The van der Waals surface area contributed by atoms with Gasteiger partial charge in [-0.1, -0.05) is 6.92 Å². The van der Waals surface area contributed by atoms with E-state index in [0.29, 0.717) is 30.6 Å². The van der Waals surface area contributed by atoms with E-state index < -0.39 is 16.6 Å². The van der Waals surface area contributed by atoms with Gasteiger partial charge in [-0.05, 0) is 58.3 Å². The van der Waals surface area contributed by atoms with Gasteiger partial charge in [-0.2, -0.15) is 0 Å². The van der Waals surface area contributed by atoms with Crippen molar-refractivity contribution in [2.24, 2.45) is 29.1 Å². The first kappa shape index (κ1) is 16.0. The summed E-state index contributed by atoms with van der Waals surface area (Å²) in [6, 6.07) is 0. The van der Waals surface area contributed by atoms with Crippen molar-refractivity contribution < 1.29 is 19.4 Å². The van der Waals surface area contributed by atoms with Gasteiger partial charge in [-0.25, -0.2) is 0 Å². The Morgan fingerprint density at radius 1 is 1.41 bits per heavy atom. The van der Waals surface area contributed by atoms with Gasteiger partial charge in [0.1, 0.15) is 11.9 Å². The molecule has 4 nitrogen and oxygen atoms in total. The highest BCUT2D eigenvalue weighted by molar-refractivity contribution is 5.77. The molecule has 1 N–H and O–H groups in total. The fraction of sp³-hybridized carbons (Fsp3) is 0.889. The third kappa shape index (κ3) is 2.40. The minimum atomic E-state index is -0.729. The Bertz CT molecular complexity index is 495. The minimum absolute atomic E-state index is 0.153. The van der Waals surface area contributed by atoms with Crippen molar-refractivity contribution in [2.45, 2.75) is 71.0 Å². The average molecular weight is 308 g/mol. The van der Waals surface area contributed by atoms with Crippen LogP contribution in [0.1, 0.15) is 59.8 Å². The van der Waals surface area contributed by atoms with Crippen molar-refractivity contribution >= 4 is 12.3 Å². The summed E-state index contributed by atoms with van der Waals surface area (Å²) in [5, 5.41) is 10.5. The van der Waals surface area contributed by atoms with E-state index in [2.05, 4.69) is 0 Å². The third-order valence-corrected chi connectivity index (χ3v) is 6.13. The molecule has 4 heteroatoms. The van der Waals surface area contributed by atoms with Crippen LogP contribution in [-0.2, 0) is 14.3 Å². The van der Waals surface area contributed by atoms with E-state index >= 15 is 0 Å². The van der Waals surface area contributed by atoms with E-state index in [1.54, 1.807) is 0 Å². The molecule has 0 radical (unpaired) electrons. The van der Waals surface area contributed by atoms with Gasteiger partial charge in [0, 0.05) is 18.3 Å². The fourth-order valence-corrected chi connectivity index (χ4v) is 5.45. The van der Waals surface area contributed by atoms with Crippen molar-refractivity contribution in [3.8, 4) is 0 Å². The van der Waals surface area contributed by atoms with Crippen LogP contribution in [0.4, 0.5) is 0 Å². The number of rotatable bonds is 5.